The fourth-order valence-corrected chi connectivity index (χ4v) is 2.77. The van der Waals surface area contributed by atoms with Crippen molar-refractivity contribution in [1.82, 2.24) is 4.90 Å². The molecule has 124 valence electrons. The first-order chi connectivity index (χ1) is 11.2. The summed E-state index contributed by atoms with van der Waals surface area (Å²) in [6.45, 7) is 4.45. The second-order valence-electron chi connectivity index (χ2n) is 6.06. The molecule has 1 unspecified atom stereocenters. The fourth-order valence-electron chi connectivity index (χ4n) is 2.77. The number of hydrogen-bond acceptors (Lipinski definition) is 3. The lowest BCUT2D eigenvalue weighted by molar-refractivity contribution is 0.321. The van der Waals surface area contributed by atoms with Crippen LogP contribution in [0.25, 0.3) is 0 Å². The van der Waals surface area contributed by atoms with Crippen LogP contribution in [0.3, 0.4) is 0 Å². The fraction of sp³-hybridized carbons (Fsp3) is 0.400. The third-order valence-corrected chi connectivity index (χ3v) is 4.13. The van der Waals surface area contributed by atoms with Gasteiger partial charge in [-0.05, 0) is 50.7 Å². The Balaban J connectivity index is 2.07. The van der Waals surface area contributed by atoms with Crippen molar-refractivity contribution in [2.75, 3.05) is 37.4 Å². The number of para-hydroxylation sites is 2. The Morgan fingerprint density at radius 1 is 0.870 bits per heavy atom. The van der Waals surface area contributed by atoms with E-state index in [1.165, 1.54) is 17.8 Å². The first-order valence-electron chi connectivity index (χ1n) is 8.48. The van der Waals surface area contributed by atoms with E-state index in [2.05, 4.69) is 96.8 Å². The first-order valence-corrected chi connectivity index (χ1v) is 8.48. The average Bonchev–Trinajstić information content (AvgIpc) is 2.60. The molecule has 0 bridgehead atoms. The van der Waals surface area contributed by atoms with Crippen molar-refractivity contribution in [1.29, 1.82) is 0 Å². The summed E-state index contributed by atoms with van der Waals surface area (Å²) in [6, 6.07) is 21.0. The van der Waals surface area contributed by atoms with Crippen LogP contribution < -0.4 is 10.2 Å². The molecule has 2 rings (SSSR count). The molecule has 1 atom stereocenters. The highest BCUT2D eigenvalue weighted by Crippen LogP contribution is 2.18. The number of hydrogen-bond donors (Lipinski definition) is 1. The molecular formula is C20H29N3. The topological polar surface area (TPSA) is 18.5 Å². The Hall–Kier alpha value is -2.00. The van der Waals surface area contributed by atoms with Crippen LogP contribution in [0.1, 0.15) is 19.8 Å². The Morgan fingerprint density at radius 2 is 1.48 bits per heavy atom. The van der Waals surface area contributed by atoms with E-state index in [-0.39, 0.29) is 6.17 Å². The average molecular weight is 311 g/mol. The molecule has 0 spiro atoms. The number of rotatable bonds is 9. The van der Waals surface area contributed by atoms with Crippen LogP contribution in [-0.2, 0) is 0 Å². The van der Waals surface area contributed by atoms with Crippen molar-refractivity contribution in [3.63, 3.8) is 0 Å². The predicted molar refractivity (Wildman–Crippen MR) is 101 cm³/mol. The summed E-state index contributed by atoms with van der Waals surface area (Å²) in [7, 11) is 4.36. The van der Waals surface area contributed by atoms with Gasteiger partial charge >= 0.3 is 0 Å². The zero-order valence-electron chi connectivity index (χ0n) is 14.6. The highest BCUT2D eigenvalue weighted by Gasteiger charge is 2.15. The van der Waals surface area contributed by atoms with Gasteiger partial charge in [0.15, 0.2) is 0 Å². The van der Waals surface area contributed by atoms with Gasteiger partial charge in [-0.3, -0.25) is 0 Å². The largest absolute Gasteiger partial charge is 0.365 e. The van der Waals surface area contributed by atoms with Gasteiger partial charge in [-0.15, -0.1) is 0 Å². The molecule has 0 saturated heterocycles. The summed E-state index contributed by atoms with van der Waals surface area (Å²) in [5.41, 5.74) is 2.40. The summed E-state index contributed by atoms with van der Waals surface area (Å²) >= 11 is 0. The van der Waals surface area contributed by atoms with Crippen LogP contribution >= 0.6 is 0 Å². The molecule has 1 N–H and O–H groups in total. The van der Waals surface area contributed by atoms with Crippen molar-refractivity contribution >= 4 is 11.4 Å². The quantitative estimate of drug-likeness (QED) is 0.697. The number of benzene rings is 2. The van der Waals surface area contributed by atoms with Crippen LogP contribution in [-0.4, -0.2) is 38.3 Å². The lowest BCUT2D eigenvalue weighted by atomic mass is 10.2. The van der Waals surface area contributed by atoms with Crippen LogP contribution in [0.4, 0.5) is 11.4 Å². The molecular weight excluding hydrogens is 282 g/mol. The molecule has 3 heteroatoms. The molecule has 2 aromatic rings. The summed E-state index contributed by atoms with van der Waals surface area (Å²) in [5, 5.41) is 3.67. The van der Waals surface area contributed by atoms with Gasteiger partial charge in [-0.2, -0.15) is 0 Å². The molecule has 3 nitrogen and oxygen atoms in total. The Morgan fingerprint density at radius 3 is 2.09 bits per heavy atom. The zero-order chi connectivity index (χ0) is 16.5. The van der Waals surface area contributed by atoms with Crippen molar-refractivity contribution in [3.05, 3.63) is 60.7 Å². The Bertz CT molecular complexity index is 541. The van der Waals surface area contributed by atoms with E-state index < -0.39 is 0 Å². The zero-order valence-corrected chi connectivity index (χ0v) is 14.6. The lowest BCUT2D eigenvalue weighted by Gasteiger charge is -2.33. The van der Waals surface area contributed by atoms with Gasteiger partial charge in [-0.25, -0.2) is 0 Å². The molecule has 0 saturated carbocycles. The molecule has 0 aliphatic heterocycles. The molecule has 2 aromatic carbocycles. The maximum absolute atomic E-state index is 3.67. The highest BCUT2D eigenvalue weighted by molar-refractivity contribution is 5.50. The van der Waals surface area contributed by atoms with E-state index in [0.29, 0.717) is 0 Å². The molecule has 0 fully saturated rings. The van der Waals surface area contributed by atoms with E-state index in [0.717, 1.165) is 19.5 Å². The SMILES string of the molecule is CCCN(C)CCC(Nc1ccccc1)N(C)c1ccccc1. The summed E-state index contributed by atoms with van der Waals surface area (Å²) in [5.74, 6) is 0. The number of nitrogens with zero attached hydrogens (tertiary/aromatic N) is 2. The first kappa shape index (κ1) is 17.4. The molecule has 0 amide bonds. The second kappa shape index (κ2) is 9.21. The molecule has 0 aliphatic rings. The second-order valence-corrected chi connectivity index (χ2v) is 6.06. The van der Waals surface area contributed by atoms with E-state index in [4.69, 9.17) is 0 Å². The minimum absolute atomic E-state index is 0.263. The van der Waals surface area contributed by atoms with Crippen LogP contribution in [0.15, 0.2) is 60.7 Å². The van der Waals surface area contributed by atoms with Gasteiger partial charge in [0.2, 0.25) is 0 Å². The normalized spacial score (nSPS) is 12.2. The van der Waals surface area contributed by atoms with Crippen LogP contribution in [0.5, 0.6) is 0 Å². The third-order valence-electron chi connectivity index (χ3n) is 4.13. The molecule has 0 aliphatic carbocycles. The molecule has 0 heterocycles. The van der Waals surface area contributed by atoms with Gasteiger partial charge < -0.3 is 15.1 Å². The number of anilines is 2. The molecule has 23 heavy (non-hydrogen) atoms. The minimum atomic E-state index is 0.263. The highest BCUT2D eigenvalue weighted by atomic mass is 15.3. The van der Waals surface area contributed by atoms with Gasteiger partial charge in [-0.1, -0.05) is 43.3 Å². The maximum atomic E-state index is 3.67. The Kier molecular flexibility index (Phi) is 6.95. The minimum Gasteiger partial charge on any atom is -0.365 e. The van der Waals surface area contributed by atoms with Crippen molar-refractivity contribution in [3.8, 4) is 0 Å². The van der Waals surface area contributed by atoms with Crippen molar-refractivity contribution < 1.29 is 0 Å². The van der Waals surface area contributed by atoms with Crippen molar-refractivity contribution in [2.24, 2.45) is 0 Å². The third kappa shape index (κ3) is 5.61. The van der Waals surface area contributed by atoms with Gasteiger partial charge in [0, 0.05) is 25.0 Å². The van der Waals surface area contributed by atoms with E-state index >= 15 is 0 Å². The van der Waals surface area contributed by atoms with E-state index in [1.807, 2.05) is 0 Å². The summed E-state index contributed by atoms with van der Waals surface area (Å²) < 4.78 is 0. The lowest BCUT2D eigenvalue weighted by Crippen LogP contribution is -2.40. The molecule has 0 aromatic heterocycles. The van der Waals surface area contributed by atoms with Gasteiger partial charge in [0.05, 0.1) is 6.17 Å². The summed E-state index contributed by atoms with van der Waals surface area (Å²) in [4.78, 5) is 4.73. The van der Waals surface area contributed by atoms with E-state index in [9.17, 15) is 0 Å². The van der Waals surface area contributed by atoms with Crippen molar-refractivity contribution in [2.45, 2.75) is 25.9 Å². The number of nitrogens with one attached hydrogen (secondary N) is 1. The standard InChI is InChI=1S/C20H29N3/c1-4-16-22(2)17-15-20(21-18-11-7-5-8-12-18)23(3)19-13-9-6-10-14-19/h5-14,20-21H,4,15-17H2,1-3H3. The maximum Gasteiger partial charge on any atom is 0.0999 e. The van der Waals surface area contributed by atoms with Crippen LogP contribution in [0.2, 0.25) is 0 Å². The predicted octanol–water partition coefficient (Wildman–Crippen LogP) is 4.29. The Labute approximate surface area is 140 Å². The molecule has 0 radical (unpaired) electrons. The van der Waals surface area contributed by atoms with Gasteiger partial charge in [0.25, 0.3) is 0 Å². The van der Waals surface area contributed by atoms with Crippen LogP contribution in [0, 0.1) is 0 Å². The smallest absolute Gasteiger partial charge is 0.0999 e. The summed E-state index contributed by atoms with van der Waals surface area (Å²) in [6.07, 6.45) is 2.53. The monoisotopic (exact) mass is 311 g/mol. The van der Waals surface area contributed by atoms with E-state index in [1.54, 1.807) is 0 Å². The van der Waals surface area contributed by atoms with Gasteiger partial charge in [0.1, 0.15) is 0 Å².